The second-order valence-electron chi connectivity index (χ2n) is 4.26. The molecule has 1 atom stereocenters. The fraction of sp³-hybridized carbons (Fsp3) is 0.353. The molecule has 0 N–H and O–H groups in total. The number of nitrogens with zero attached hydrogens (tertiary/aromatic N) is 2. The Kier molecular flexibility index (Phi) is 6.07. The molecule has 0 saturated carbocycles. The van der Waals surface area contributed by atoms with E-state index in [9.17, 15) is 0 Å². The van der Waals surface area contributed by atoms with E-state index in [0.717, 1.165) is 6.42 Å². The van der Waals surface area contributed by atoms with Crippen LogP contribution in [0.3, 0.4) is 0 Å². The molecule has 0 aliphatic carbocycles. The molecule has 0 radical (unpaired) electrons. The Morgan fingerprint density at radius 2 is 2.05 bits per heavy atom. The minimum absolute atomic E-state index is 0.277. The third-order valence-electron chi connectivity index (χ3n) is 3.03. The van der Waals surface area contributed by atoms with Gasteiger partial charge < -0.3 is 9.56 Å². The van der Waals surface area contributed by atoms with Gasteiger partial charge in [-0.3, -0.25) is 0 Å². The Labute approximate surface area is 116 Å². The highest BCUT2D eigenvalue weighted by atomic mass is 15.0. The quantitative estimate of drug-likeness (QED) is 0.552. The van der Waals surface area contributed by atoms with Gasteiger partial charge in [0, 0.05) is 31.4 Å². The van der Waals surface area contributed by atoms with E-state index in [1.54, 1.807) is 7.05 Å². The van der Waals surface area contributed by atoms with Gasteiger partial charge in [-0.15, -0.1) is 6.58 Å². The van der Waals surface area contributed by atoms with Crippen molar-refractivity contribution >= 4 is 17.1 Å². The summed E-state index contributed by atoms with van der Waals surface area (Å²) >= 11 is 0. The number of aryl methyl sites for hydroxylation is 1. The molecule has 0 saturated heterocycles. The first-order valence-corrected chi connectivity index (χ1v) is 6.86. The first-order chi connectivity index (χ1) is 9.26. The lowest BCUT2D eigenvalue weighted by Crippen LogP contribution is -2.05. The van der Waals surface area contributed by atoms with E-state index in [-0.39, 0.29) is 6.04 Å². The average molecular weight is 256 g/mol. The molecule has 2 heteroatoms. The molecule has 0 aliphatic heterocycles. The predicted octanol–water partition coefficient (Wildman–Crippen LogP) is 4.79. The highest BCUT2D eigenvalue weighted by Gasteiger charge is 2.08. The molecule has 0 fully saturated rings. The monoisotopic (exact) mass is 256 g/mol. The summed E-state index contributed by atoms with van der Waals surface area (Å²) in [7, 11) is 1.80. The van der Waals surface area contributed by atoms with Gasteiger partial charge in [-0.05, 0) is 30.5 Å². The number of rotatable bonds is 4. The van der Waals surface area contributed by atoms with Crippen molar-refractivity contribution in [3.63, 3.8) is 0 Å². The van der Waals surface area contributed by atoms with Crippen LogP contribution in [0.2, 0.25) is 0 Å². The lowest BCUT2D eigenvalue weighted by atomic mass is 10.1. The number of hydrogen-bond donors (Lipinski definition) is 0. The maximum Gasteiger partial charge on any atom is 0.0563 e. The van der Waals surface area contributed by atoms with E-state index < -0.39 is 0 Å². The summed E-state index contributed by atoms with van der Waals surface area (Å²) in [6.45, 7) is 10.0. The Morgan fingerprint density at radius 3 is 2.68 bits per heavy atom. The average Bonchev–Trinajstić information content (AvgIpc) is 2.85. The molecule has 1 unspecified atom stereocenters. The normalized spacial score (nSPS) is 12.2. The second kappa shape index (κ2) is 7.57. The van der Waals surface area contributed by atoms with Crippen LogP contribution in [-0.4, -0.2) is 17.8 Å². The van der Waals surface area contributed by atoms with Gasteiger partial charge in [-0.25, -0.2) is 0 Å². The topological polar surface area (TPSA) is 17.3 Å². The van der Waals surface area contributed by atoms with Crippen molar-refractivity contribution < 1.29 is 0 Å². The molecule has 19 heavy (non-hydrogen) atoms. The van der Waals surface area contributed by atoms with Crippen LogP contribution in [-0.2, 0) is 0 Å². The van der Waals surface area contributed by atoms with E-state index in [1.807, 2.05) is 26.1 Å². The Morgan fingerprint density at radius 1 is 1.32 bits per heavy atom. The minimum Gasteiger partial charge on any atom is -0.340 e. The molecule has 0 amide bonds. The predicted molar refractivity (Wildman–Crippen MR) is 86.3 cm³/mol. The number of allylic oxidation sites excluding steroid dienone is 1. The number of fused-ring (bicyclic) bond motifs is 1. The van der Waals surface area contributed by atoms with Gasteiger partial charge in [-0.2, -0.15) is 0 Å². The van der Waals surface area contributed by atoms with Gasteiger partial charge in [-0.1, -0.05) is 31.6 Å². The van der Waals surface area contributed by atoms with Crippen LogP contribution in [0.25, 0.3) is 10.9 Å². The summed E-state index contributed by atoms with van der Waals surface area (Å²) in [6.07, 6.45) is 6.92. The summed E-state index contributed by atoms with van der Waals surface area (Å²) in [5, 5.41) is 1.28. The number of benzene rings is 1. The summed E-state index contributed by atoms with van der Waals surface area (Å²) < 4.78 is 2.25. The molecule has 1 aromatic heterocycles. The standard InChI is InChI=1S/C15H18N2.C2H6/c1-4-14(7-9-16-3)17-10-8-13-11-12(2)5-6-15(13)17;1-2/h4-6,8-11,14H,1,7H2,2-3H3;1-2H3. The Bertz CT molecular complexity index is 549. The molecule has 2 nitrogen and oxygen atoms in total. The molecule has 0 aliphatic rings. The first-order valence-electron chi connectivity index (χ1n) is 6.86. The fourth-order valence-electron chi connectivity index (χ4n) is 2.11. The van der Waals surface area contributed by atoms with Gasteiger partial charge in [0.05, 0.1) is 6.04 Å². The van der Waals surface area contributed by atoms with Crippen molar-refractivity contribution in [3.8, 4) is 0 Å². The first kappa shape index (κ1) is 15.2. The molecule has 0 spiro atoms. The summed E-state index contributed by atoms with van der Waals surface area (Å²) in [4.78, 5) is 4.04. The lowest BCUT2D eigenvalue weighted by molar-refractivity contribution is 0.655. The van der Waals surface area contributed by atoms with Gasteiger partial charge in [0.1, 0.15) is 0 Å². The van der Waals surface area contributed by atoms with E-state index in [4.69, 9.17) is 0 Å². The highest BCUT2D eigenvalue weighted by Crippen LogP contribution is 2.23. The van der Waals surface area contributed by atoms with E-state index >= 15 is 0 Å². The van der Waals surface area contributed by atoms with Crippen LogP contribution in [0.1, 0.15) is 31.9 Å². The minimum atomic E-state index is 0.277. The maximum absolute atomic E-state index is 4.04. The van der Waals surface area contributed by atoms with Crippen molar-refractivity contribution in [2.75, 3.05) is 7.05 Å². The van der Waals surface area contributed by atoms with Gasteiger partial charge in [0.2, 0.25) is 0 Å². The van der Waals surface area contributed by atoms with E-state index in [2.05, 4.69) is 53.5 Å². The maximum atomic E-state index is 4.04. The summed E-state index contributed by atoms with van der Waals surface area (Å²) in [6, 6.07) is 8.96. The van der Waals surface area contributed by atoms with Gasteiger partial charge in [0.25, 0.3) is 0 Å². The van der Waals surface area contributed by atoms with Crippen LogP contribution in [0.5, 0.6) is 0 Å². The van der Waals surface area contributed by atoms with Crippen molar-refractivity contribution in [1.29, 1.82) is 0 Å². The molecule has 1 heterocycles. The molecule has 0 bridgehead atoms. The summed E-state index contributed by atoms with van der Waals surface area (Å²) in [5.74, 6) is 0. The lowest BCUT2D eigenvalue weighted by Gasteiger charge is -2.14. The zero-order chi connectivity index (χ0) is 14.3. The van der Waals surface area contributed by atoms with Crippen LogP contribution < -0.4 is 0 Å². The molecule has 2 aromatic rings. The SMILES string of the molecule is C=CC(CC=NC)n1ccc2cc(C)ccc21.CC. The highest BCUT2D eigenvalue weighted by molar-refractivity contribution is 5.81. The van der Waals surface area contributed by atoms with Crippen molar-refractivity contribution in [2.45, 2.75) is 33.2 Å². The summed E-state index contributed by atoms with van der Waals surface area (Å²) in [5.41, 5.74) is 2.55. The van der Waals surface area contributed by atoms with Gasteiger partial charge >= 0.3 is 0 Å². The number of aliphatic imine (C=N–C) groups is 1. The number of aromatic nitrogens is 1. The third kappa shape index (κ3) is 3.57. The van der Waals surface area contributed by atoms with Crippen LogP contribution >= 0.6 is 0 Å². The van der Waals surface area contributed by atoms with E-state index in [1.165, 1.54) is 16.5 Å². The third-order valence-corrected chi connectivity index (χ3v) is 3.03. The fourth-order valence-corrected chi connectivity index (χ4v) is 2.11. The van der Waals surface area contributed by atoms with Crippen molar-refractivity contribution in [2.24, 2.45) is 4.99 Å². The van der Waals surface area contributed by atoms with Crippen LogP contribution in [0, 0.1) is 6.92 Å². The Hall–Kier alpha value is -1.83. The molecular formula is C17H24N2. The van der Waals surface area contributed by atoms with Crippen molar-refractivity contribution in [1.82, 2.24) is 4.57 Å². The zero-order valence-electron chi connectivity index (χ0n) is 12.4. The van der Waals surface area contributed by atoms with Gasteiger partial charge in [0.15, 0.2) is 0 Å². The van der Waals surface area contributed by atoms with Crippen LogP contribution in [0.15, 0.2) is 48.1 Å². The second-order valence-corrected chi connectivity index (χ2v) is 4.26. The number of hydrogen-bond acceptors (Lipinski definition) is 1. The smallest absolute Gasteiger partial charge is 0.0563 e. The molecule has 102 valence electrons. The molecule has 2 rings (SSSR count). The van der Waals surface area contributed by atoms with Crippen LogP contribution in [0.4, 0.5) is 0 Å². The molecular weight excluding hydrogens is 232 g/mol. The zero-order valence-corrected chi connectivity index (χ0v) is 12.4. The molecule has 1 aromatic carbocycles. The largest absolute Gasteiger partial charge is 0.340 e. The van der Waals surface area contributed by atoms with Crippen molar-refractivity contribution in [3.05, 3.63) is 48.7 Å². The Balaban J connectivity index is 0.000000861. The van der Waals surface area contributed by atoms with E-state index in [0.29, 0.717) is 0 Å².